The van der Waals surface area contributed by atoms with Crippen molar-refractivity contribution in [1.29, 1.82) is 0 Å². The summed E-state index contributed by atoms with van der Waals surface area (Å²) in [5, 5.41) is 0.733. The van der Waals surface area contributed by atoms with E-state index < -0.39 is 22.1 Å². The van der Waals surface area contributed by atoms with Gasteiger partial charge in [-0.25, -0.2) is 0 Å². The minimum atomic E-state index is -3.19. The van der Waals surface area contributed by atoms with Crippen molar-refractivity contribution in [3.8, 4) is 0 Å². The summed E-state index contributed by atoms with van der Waals surface area (Å²) in [7, 11) is -3.19. The van der Waals surface area contributed by atoms with E-state index in [0.29, 0.717) is 4.90 Å². The molecule has 0 amide bonds. The molecule has 0 bridgehead atoms. The van der Waals surface area contributed by atoms with E-state index in [2.05, 4.69) is 15.9 Å². The Hall–Kier alpha value is -0.611. The van der Waals surface area contributed by atoms with E-state index in [1.807, 2.05) is 42.5 Å². The Kier molecular flexibility index (Phi) is 4.62. The standard InChI is InChI=1S/C13H11BrO2SSe/c14-10-11-6-8-12(9-7-11)17(15,16)18-13-4-2-1-3-5-13/h1-9H,10H2. The Labute approximate surface area is 121 Å². The molecule has 94 valence electrons. The molecule has 0 aliphatic heterocycles. The van der Waals surface area contributed by atoms with E-state index >= 15 is 0 Å². The van der Waals surface area contributed by atoms with Gasteiger partial charge >= 0.3 is 121 Å². The van der Waals surface area contributed by atoms with Gasteiger partial charge in [0, 0.05) is 0 Å². The van der Waals surface area contributed by atoms with Gasteiger partial charge in [-0.15, -0.1) is 0 Å². The van der Waals surface area contributed by atoms with Crippen molar-refractivity contribution in [1.82, 2.24) is 0 Å². The third kappa shape index (κ3) is 3.45. The van der Waals surface area contributed by atoms with Gasteiger partial charge < -0.3 is 0 Å². The molecule has 0 atom stereocenters. The van der Waals surface area contributed by atoms with E-state index in [0.717, 1.165) is 15.4 Å². The van der Waals surface area contributed by atoms with Crippen molar-refractivity contribution < 1.29 is 8.42 Å². The molecule has 0 saturated heterocycles. The maximum atomic E-state index is 12.2. The topological polar surface area (TPSA) is 34.1 Å². The molecule has 0 heterocycles. The van der Waals surface area contributed by atoms with E-state index in [4.69, 9.17) is 0 Å². The Bertz CT molecular complexity index is 609. The average molecular weight is 390 g/mol. The molecule has 2 aromatic carbocycles. The summed E-state index contributed by atoms with van der Waals surface area (Å²) in [6.45, 7) is 0. The van der Waals surface area contributed by atoms with Crippen LogP contribution in [-0.4, -0.2) is 22.3 Å². The monoisotopic (exact) mass is 390 g/mol. The van der Waals surface area contributed by atoms with Crippen LogP contribution in [0.5, 0.6) is 0 Å². The van der Waals surface area contributed by atoms with Crippen LogP contribution in [0.4, 0.5) is 0 Å². The summed E-state index contributed by atoms with van der Waals surface area (Å²) in [4.78, 5) is 0.399. The fourth-order valence-corrected chi connectivity index (χ4v) is 6.63. The van der Waals surface area contributed by atoms with Crippen LogP contribution in [0.15, 0.2) is 59.5 Å². The van der Waals surface area contributed by atoms with E-state index in [1.165, 1.54) is 0 Å². The first-order chi connectivity index (χ1) is 8.62. The van der Waals surface area contributed by atoms with Gasteiger partial charge in [0.05, 0.1) is 0 Å². The summed E-state index contributed by atoms with van der Waals surface area (Å²) in [5.41, 5.74) is 1.07. The third-order valence-electron chi connectivity index (χ3n) is 2.32. The first-order valence-corrected chi connectivity index (χ1v) is 10.7. The Morgan fingerprint density at radius 2 is 1.56 bits per heavy atom. The molecule has 0 saturated carbocycles. The van der Waals surface area contributed by atoms with Crippen molar-refractivity contribution in [2.75, 3.05) is 0 Å². The zero-order valence-corrected chi connectivity index (χ0v) is 13.5. The van der Waals surface area contributed by atoms with Crippen molar-refractivity contribution in [3.63, 3.8) is 0 Å². The van der Waals surface area contributed by atoms with Gasteiger partial charge in [0.15, 0.2) is 0 Å². The second-order valence-electron chi connectivity index (χ2n) is 3.63. The van der Waals surface area contributed by atoms with E-state index in [9.17, 15) is 8.42 Å². The number of halogens is 1. The van der Waals surface area contributed by atoms with E-state index in [-0.39, 0.29) is 0 Å². The van der Waals surface area contributed by atoms with Gasteiger partial charge in [-0.1, -0.05) is 0 Å². The zero-order chi connectivity index (χ0) is 13.0. The summed E-state index contributed by atoms with van der Waals surface area (Å²) in [6.07, 6.45) is 0. The first kappa shape index (κ1) is 13.8. The molecule has 0 spiro atoms. The summed E-state index contributed by atoms with van der Waals surface area (Å²) < 4.78 is 25.3. The van der Waals surface area contributed by atoms with Crippen molar-refractivity contribution in [3.05, 3.63) is 60.2 Å². The van der Waals surface area contributed by atoms with Crippen LogP contribution in [0.25, 0.3) is 0 Å². The van der Waals surface area contributed by atoms with Crippen LogP contribution >= 0.6 is 15.9 Å². The molecular weight excluding hydrogens is 379 g/mol. The Morgan fingerprint density at radius 3 is 2.11 bits per heavy atom. The fraction of sp³-hybridized carbons (Fsp3) is 0.0769. The third-order valence-corrected chi connectivity index (χ3v) is 8.60. The Balaban J connectivity index is 2.25. The van der Waals surface area contributed by atoms with Crippen LogP contribution < -0.4 is 4.46 Å². The van der Waals surface area contributed by atoms with Crippen LogP contribution in [0.3, 0.4) is 0 Å². The van der Waals surface area contributed by atoms with Gasteiger partial charge in [0.25, 0.3) is 0 Å². The molecule has 0 radical (unpaired) electrons. The molecule has 0 N–H and O–H groups in total. The summed E-state index contributed by atoms with van der Waals surface area (Å²) in [5.74, 6) is 0. The maximum absolute atomic E-state index is 12.2. The van der Waals surface area contributed by atoms with Crippen molar-refractivity contribution in [2.24, 2.45) is 0 Å². The first-order valence-electron chi connectivity index (χ1n) is 5.26. The molecule has 0 aliphatic rings. The molecule has 18 heavy (non-hydrogen) atoms. The molecule has 0 aliphatic carbocycles. The normalized spacial score (nSPS) is 11.4. The quantitative estimate of drug-likeness (QED) is 0.593. The number of rotatable bonds is 4. The number of hydrogen-bond acceptors (Lipinski definition) is 2. The summed E-state index contributed by atoms with van der Waals surface area (Å²) in [6, 6.07) is 16.3. The SMILES string of the molecule is O=S(=O)([Se]c1ccccc1)c1ccc(CBr)cc1. The molecule has 0 unspecified atom stereocenters. The predicted molar refractivity (Wildman–Crippen MR) is 78.1 cm³/mol. The van der Waals surface area contributed by atoms with Gasteiger partial charge in [-0.3, -0.25) is 0 Å². The van der Waals surface area contributed by atoms with Crippen LogP contribution in [0.1, 0.15) is 5.56 Å². The molecular formula is C13H11BrO2SSe. The Morgan fingerprint density at radius 1 is 0.944 bits per heavy atom. The molecule has 2 nitrogen and oxygen atoms in total. The van der Waals surface area contributed by atoms with Crippen molar-refractivity contribution in [2.45, 2.75) is 10.2 Å². The molecule has 2 aromatic rings. The second-order valence-corrected chi connectivity index (χ2v) is 10.5. The van der Waals surface area contributed by atoms with E-state index in [1.54, 1.807) is 12.1 Å². The number of hydrogen-bond donors (Lipinski definition) is 0. The zero-order valence-electron chi connectivity index (χ0n) is 9.41. The average Bonchev–Trinajstić information content (AvgIpc) is 2.39. The summed E-state index contributed by atoms with van der Waals surface area (Å²) >= 11 is 2.76. The van der Waals surface area contributed by atoms with Crippen molar-refractivity contribution >= 4 is 42.5 Å². The molecule has 5 heteroatoms. The van der Waals surface area contributed by atoms with Crippen LogP contribution in [-0.2, 0) is 13.6 Å². The molecule has 0 fully saturated rings. The predicted octanol–water partition coefficient (Wildman–Crippen LogP) is 2.30. The molecule has 0 aromatic heterocycles. The number of alkyl halides is 1. The van der Waals surface area contributed by atoms with Gasteiger partial charge in [0.2, 0.25) is 0 Å². The van der Waals surface area contributed by atoms with Crippen LogP contribution in [0.2, 0.25) is 0 Å². The minimum absolute atomic E-state index is 0.399. The van der Waals surface area contributed by atoms with Gasteiger partial charge in [-0.2, -0.15) is 0 Å². The van der Waals surface area contributed by atoms with Crippen LogP contribution in [0, 0.1) is 0 Å². The van der Waals surface area contributed by atoms with Gasteiger partial charge in [0.1, 0.15) is 0 Å². The van der Waals surface area contributed by atoms with Gasteiger partial charge in [-0.05, 0) is 0 Å². The molecule has 2 rings (SSSR count). The second kappa shape index (κ2) is 6.02. The number of benzene rings is 2. The fourth-order valence-electron chi connectivity index (χ4n) is 1.40.